The third-order valence-corrected chi connectivity index (χ3v) is 4.91. The van der Waals surface area contributed by atoms with Gasteiger partial charge in [0.1, 0.15) is 0 Å². The molecule has 1 saturated heterocycles. The Labute approximate surface area is 137 Å². The van der Waals surface area contributed by atoms with Crippen molar-refractivity contribution in [2.75, 3.05) is 13.1 Å². The first-order valence-corrected chi connectivity index (χ1v) is 8.76. The molecule has 1 saturated carbocycles. The van der Waals surface area contributed by atoms with Crippen LogP contribution in [0.5, 0.6) is 0 Å². The molecule has 2 aromatic rings. The number of carbonyl (C=O) groups is 1. The Bertz CT molecular complexity index is 710. The van der Waals surface area contributed by atoms with Crippen LogP contribution >= 0.6 is 0 Å². The number of nitrogens with zero attached hydrogens (tertiary/aromatic N) is 3. The van der Waals surface area contributed by atoms with E-state index >= 15 is 0 Å². The Hall–Kier alpha value is -2.10. The highest BCUT2D eigenvalue weighted by Crippen LogP contribution is 2.42. The average molecular weight is 309 g/mol. The normalized spacial score (nSPS) is 17.7. The molecule has 4 nitrogen and oxygen atoms in total. The van der Waals surface area contributed by atoms with Gasteiger partial charge in [-0.3, -0.25) is 4.79 Å². The number of para-hydroxylation sites is 1. The third kappa shape index (κ3) is 2.56. The van der Waals surface area contributed by atoms with Gasteiger partial charge in [-0.05, 0) is 44.2 Å². The Kier molecular flexibility index (Phi) is 3.68. The molecule has 0 N–H and O–H groups in total. The van der Waals surface area contributed by atoms with E-state index in [1.54, 1.807) is 0 Å². The summed E-state index contributed by atoms with van der Waals surface area (Å²) in [5, 5.41) is 4.87. The van der Waals surface area contributed by atoms with Crippen LogP contribution in [0.2, 0.25) is 0 Å². The minimum absolute atomic E-state index is 0.198. The molecule has 1 amide bonds. The van der Waals surface area contributed by atoms with Gasteiger partial charge in [0.25, 0.3) is 5.91 Å². The zero-order valence-electron chi connectivity index (χ0n) is 13.7. The summed E-state index contributed by atoms with van der Waals surface area (Å²) in [4.78, 5) is 15.1. The van der Waals surface area contributed by atoms with E-state index in [-0.39, 0.29) is 5.91 Å². The monoisotopic (exact) mass is 309 g/mol. The molecule has 1 aromatic carbocycles. The summed E-state index contributed by atoms with van der Waals surface area (Å²) in [6, 6.07) is 10.2. The molecular formula is C19H23N3O. The summed E-state index contributed by atoms with van der Waals surface area (Å²) in [6.07, 6.45) is 5.39. The van der Waals surface area contributed by atoms with Crippen LogP contribution in [0, 0.1) is 0 Å². The lowest BCUT2D eigenvalue weighted by atomic mass is 10.1. The van der Waals surface area contributed by atoms with E-state index in [0.717, 1.165) is 67.8 Å². The molecule has 0 bridgehead atoms. The summed E-state index contributed by atoms with van der Waals surface area (Å²) in [6.45, 7) is 3.90. The highest BCUT2D eigenvalue weighted by molar-refractivity contribution is 5.97. The predicted octanol–water partition coefficient (Wildman–Crippen LogP) is 3.55. The number of likely N-dealkylation sites (tertiary alicyclic amines) is 1. The molecule has 1 aliphatic heterocycles. The van der Waals surface area contributed by atoms with Gasteiger partial charge < -0.3 is 4.90 Å². The maximum absolute atomic E-state index is 13.1. The summed E-state index contributed by atoms with van der Waals surface area (Å²) >= 11 is 0. The van der Waals surface area contributed by atoms with Crippen molar-refractivity contribution in [1.82, 2.24) is 14.7 Å². The largest absolute Gasteiger partial charge is 0.339 e. The van der Waals surface area contributed by atoms with Crippen molar-refractivity contribution in [2.45, 2.75) is 44.9 Å². The van der Waals surface area contributed by atoms with Crippen molar-refractivity contribution in [3.63, 3.8) is 0 Å². The van der Waals surface area contributed by atoms with Crippen LogP contribution in [-0.2, 0) is 6.42 Å². The second-order valence-corrected chi connectivity index (χ2v) is 6.58. The summed E-state index contributed by atoms with van der Waals surface area (Å²) in [5.74, 6) is 0.676. The number of hydrogen-bond donors (Lipinski definition) is 0. The number of amides is 1. The van der Waals surface area contributed by atoms with Gasteiger partial charge in [0.2, 0.25) is 0 Å². The van der Waals surface area contributed by atoms with Crippen LogP contribution < -0.4 is 0 Å². The molecule has 23 heavy (non-hydrogen) atoms. The number of carbonyl (C=O) groups excluding carboxylic acids is 1. The van der Waals surface area contributed by atoms with Gasteiger partial charge in [-0.2, -0.15) is 5.10 Å². The highest BCUT2D eigenvalue weighted by Gasteiger charge is 2.36. The van der Waals surface area contributed by atoms with Crippen LogP contribution in [-0.4, -0.2) is 33.7 Å². The van der Waals surface area contributed by atoms with E-state index in [4.69, 9.17) is 5.10 Å². The summed E-state index contributed by atoms with van der Waals surface area (Å²) in [5.41, 5.74) is 4.03. The smallest absolute Gasteiger partial charge is 0.257 e. The van der Waals surface area contributed by atoms with E-state index in [2.05, 4.69) is 19.1 Å². The van der Waals surface area contributed by atoms with E-state index < -0.39 is 0 Å². The SMILES string of the molecule is CCc1c(C(=O)N2CCCC2)c(C2CC2)nn1-c1ccccc1. The maximum Gasteiger partial charge on any atom is 0.257 e. The van der Waals surface area contributed by atoms with Crippen molar-refractivity contribution < 1.29 is 4.79 Å². The molecule has 0 spiro atoms. The first-order valence-electron chi connectivity index (χ1n) is 8.76. The molecule has 4 heteroatoms. The van der Waals surface area contributed by atoms with Crippen molar-refractivity contribution in [2.24, 2.45) is 0 Å². The van der Waals surface area contributed by atoms with E-state index in [0.29, 0.717) is 5.92 Å². The fourth-order valence-corrected chi connectivity index (χ4v) is 3.54. The Balaban J connectivity index is 1.83. The van der Waals surface area contributed by atoms with Crippen LogP contribution in [0.4, 0.5) is 0 Å². The van der Waals surface area contributed by atoms with Crippen LogP contribution in [0.15, 0.2) is 30.3 Å². The van der Waals surface area contributed by atoms with Crippen LogP contribution in [0.3, 0.4) is 0 Å². The van der Waals surface area contributed by atoms with Gasteiger partial charge in [-0.25, -0.2) is 4.68 Å². The number of rotatable bonds is 4. The zero-order chi connectivity index (χ0) is 15.8. The van der Waals surface area contributed by atoms with Gasteiger partial charge in [0.05, 0.1) is 22.6 Å². The van der Waals surface area contributed by atoms with Gasteiger partial charge in [0, 0.05) is 19.0 Å². The van der Waals surface area contributed by atoms with Crippen molar-refractivity contribution >= 4 is 5.91 Å². The lowest BCUT2D eigenvalue weighted by Crippen LogP contribution is -2.29. The quantitative estimate of drug-likeness (QED) is 0.866. The highest BCUT2D eigenvalue weighted by atomic mass is 16.2. The van der Waals surface area contributed by atoms with Crippen LogP contribution in [0.1, 0.15) is 60.3 Å². The van der Waals surface area contributed by atoms with Gasteiger partial charge >= 0.3 is 0 Å². The number of hydrogen-bond acceptors (Lipinski definition) is 2. The second-order valence-electron chi connectivity index (χ2n) is 6.58. The minimum atomic E-state index is 0.198. The van der Waals surface area contributed by atoms with Crippen LogP contribution in [0.25, 0.3) is 5.69 Å². The predicted molar refractivity (Wildman–Crippen MR) is 90.1 cm³/mol. The van der Waals surface area contributed by atoms with Crippen molar-refractivity contribution in [3.8, 4) is 5.69 Å². The maximum atomic E-state index is 13.1. The number of benzene rings is 1. The van der Waals surface area contributed by atoms with E-state index in [9.17, 15) is 4.79 Å². The molecule has 4 rings (SSSR count). The van der Waals surface area contributed by atoms with Gasteiger partial charge in [-0.15, -0.1) is 0 Å². The first-order chi connectivity index (χ1) is 11.3. The minimum Gasteiger partial charge on any atom is -0.339 e. The molecule has 120 valence electrons. The Morgan fingerprint density at radius 1 is 1.17 bits per heavy atom. The summed E-state index contributed by atoms with van der Waals surface area (Å²) < 4.78 is 2.00. The average Bonchev–Trinajstić information content (AvgIpc) is 3.15. The van der Waals surface area contributed by atoms with Gasteiger partial charge in [0.15, 0.2) is 0 Å². The second kappa shape index (κ2) is 5.84. The molecule has 2 aliphatic rings. The lowest BCUT2D eigenvalue weighted by Gasteiger charge is -2.16. The fraction of sp³-hybridized carbons (Fsp3) is 0.474. The molecule has 2 fully saturated rings. The zero-order valence-corrected chi connectivity index (χ0v) is 13.7. The molecule has 0 radical (unpaired) electrons. The Morgan fingerprint density at radius 3 is 2.48 bits per heavy atom. The topological polar surface area (TPSA) is 38.1 Å². The first kappa shape index (κ1) is 14.5. The molecule has 1 aliphatic carbocycles. The molecular weight excluding hydrogens is 286 g/mol. The van der Waals surface area contributed by atoms with E-state index in [1.165, 1.54) is 0 Å². The molecule has 2 heterocycles. The van der Waals surface area contributed by atoms with Crippen molar-refractivity contribution in [1.29, 1.82) is 0 Å². The molecule has 1 aromatic heterocycles. The third-order valence-electron chi connectivity index (χ3n) is 4.91. The number of aromatic nitrogens is 2. The van der Waals surface area contributed by atoms with Crippen molar-refractivity contribution in [3.05, 3.63) is 47.3 Å². The van der Waals surface area contributed by atoms with E-state index in [1.807, 2.05) is 27.8 Å². The molecule has 0 atom stereocenters. The summed E-state index contributed by atoms with van der Waals surface area (Å²) in [7, 11) is 0. The lowest BCUT2D eigenvalue weighted by molar-refractivity contribution is 0.0790. The fourth-order valence-electron chi connectivity index (χ4n) is 3.54. The van der Waals surface area contributed by atoms with Gasteiger partial charge in [-0.1, -0.05) is 25.1 Å². The Morgan fingerprint density at radius 2 is 1.87 bits per heavy atom. The molecule has 0 unspecified atom stereocenters. The standard InChI is InChI=1S/C19H23N3O/c1-2-16-17(19(23)21-12-6-7-13-21)18(14-10-11-14)20-22(16)15-8-4-3-5-9-15/h3-5,8-9,14H,2,6-7,10-13H2,1H3.